The van der Waals surface area contributed by atoms with E-state index < -0.39 is 0 Å². The van der Waals surface area contributed by atoms with Crippen molar-refractivity contribution in [1.29, 1.82) is 0 Å². The first-order valence-electron chi connectivity index (χ1n) is 6.66. The zero-order chi connectivity index (χ0) is 14.1. The number of aromatic nitrogens is 2. The Kier molecular flexibility index (Phi) is 3.43. The summed E-state index contributed by atoms with van der Waals surface area (Å²) >= 11 is 1.59. The molecule has 2 aromatic heterocycles. The van der Waals surface area contributed by atoms with Gasteiger partial charge >= 0.3 is 0 Å². The quantitative estimate of drug-likeness (QED) is 0.895. The predicted octanol–water partition coefficient (Wildman–Crippen LogP) is 1.45. The number of amides is 1. The Hall–Kier alpha value is -1.89. The van der Waals surface area contributed by atoms with Crippen molar-refractivity contribution in [3.8, 4) is 0 Å². The molecule has 1 unspecified atom stereocenters. The first-order chi connectivity index (χ1) is 9.74. The van der Waals surface area contributed by atoms with Crippen molar-refractivity contribution in [2.24, 2.45) is 0 Å². The van der Waals surface area contributed by atoms with Gasteiger partial charge in [0.05, 0.1) is 5.39 Å². The Balaban J connectivity index is 2.08. The number of hydrogen-bond acceptors (Lipinski definition) is 6. The molecule has 2 N–H and O–H groups in total. The van der Waals surface area contributed by atoms with Crippen molar-refractivity contribution >= 4 is 39.2 Å². The fraction of sp³-hybridized carbons (Fsp3) is 0.462. The van der Waals surface area contributed by atoms with Crippen LogP contribution in [0.25, 0.3) is 10.2 Å². The smallest absolute Gasteiger partial charge is 0.242 e. The minimum absolute atomic E-state index is 0.0514. The molecule has 7 heteroatoms. The Morgan fingerprint density at radius 3 is 3.05 bits per heavy atom. The number of fused-ring (bicyclic) bond motifs is 1. The summed E-state index contributed by atoms with van der Waals surface area (Å²) in [5.41, 5.74) is 0. The van der Waals surface area contributed by atoms with Gasteiger partial charge in [-0.2, -0.15) is 4.98 Å². The normalized spacial score (nSPS) is 18.5. The molecule has 0 aromatic carbocycles. The second kappa shape index (κ2) is 5.24. The fourth-order valence-corrected chi connectivity index (χ4v) is 3.39. The molecule has 20 heavy (non-hydrogen) atoms. The Morgan fingerprint density at radius 1 is 1.45 bits per heavy atom. The molecule has 0 saturated carbocycles. The van der Waals surface area contributed by atoms with Crippen LogP contribution in [0.4, 0.5) is 11.8 Å². The van der Waals surface area contributed by atoms with Gasteiger partial charge in [0.15, 0.2) is 0 Å². The third kappa shape index (κ3) is 2.07. The predicted molar refractivity (Wildman–Crippen MR) is 81.4 cm³/mol. The lowest BCUT2D eigenvalue weighted by Crippen LogP contribution is -2.42. The topological polar surface area (TPSA) is 70.2 Å². The number of rotatable bonds is 3. The van der Waals surface area contributed by atoms with E-state index in [0.717, 1.165) is 35.4 Å². The summed E-state index contributed by atoms with van der Waals surface area (Å²) < 4.78 is 0. The molecule has 1 fully saturated rings. The van der Waals surface area contributed by atoms with E-state index in [-0.39, 0.29) is 11.9 Å². The minimum Gasteiger partial charge on any atom is -0.357 e. The average molecular weight is 291 g/mol. The molecular formula is C13H17N5OS. The summed E-state index contributed by atoms with van der Waals surface area (Å²) in [5.74, 6) is 1.50. The van der Waals surface area contributed by atoms with E-state index >= 15 is 0 Å². The zero-order valence-electron chi connectivity index (χ0n) is 11.5. The molecule has 1 aliphatic rings. The van der Waals surface area contributed by atoms with Crippen molar-refractivity contribution in [2.45, 2.75) is 18.9 Å². The van der Waals surface area contributed by atoms with Gasteiger partial charge < -0.3 is 15.5 Å². The number of carbonyl (C=O) groups excluding carboxylic acids is 1. The van der Waals surface area contributed by atoms with Crippen LogP contribution in [0.1, 0.15) is 12.8 Å². The van der Waals surface area contributed by atoms with Gasteiger partial charge in [-0.25, -0.2) is 4.98 Å². The SMILES string of the molecule is CNC(=O)C1CCCN1c1nc(NC)nc2sccc12. The average Bonchev–Trinajstić information content (AvgIpc) is 3.13. The number of anilines is 2. The first kappa shape index (κ1) is 13.1. The third-order valence-corrected chi connectivity index (χ3v) is 4.41. The number of nitrogens with one attached hydrogen (secondary N) is 2. The van der Waals surface area contributed by atoms with Gasteiger partial charge in [0.2, 0.25) is 11.9 Å². The van der Waals surface area contributed by atoms with E-state index in [1.807, 2.05) is 11.4 Å². The second-order valence-electron chi connectivity index (χ2n) is 4.73. The molecule has 0 spiro atoms. The van der Waals surface area contributed by atoms with Gasteiger partial charge in [0.25, 0.3) is 0 Å². The number of carbonyl (C=O) groups is 1. The summed E-state index contributed by atoms with van der Waals surface area (Å²) in [6.45, 7) is 0.850. The number of likely N-dealkylation sites (N-methyl/N-ethyl adjacent to an activating group) is 1. The Labute approximate surface area is 121 Å². The molecule has 1 aliphatic heterocycles. The van der Waals surface area contributed by atoms with Crippen LogP contribution in [0.15, 0.2) is 11.4 Å². The largest absolute Gasteiger partial charge is 0.357 e. The van der Waals surface area contributed by atoms with Crippen LogP contribution in [-0.2, 0) is 4.79 Å². The highest BCUT2D eigenvalue weighted by Gasteiger charge is 2.32. The Morgan fingerprint density at radius 2 is 2.30 bits per heavy atom. The molecule has 1 amide bonds. The lowest BCUT2D eigenvalue weighted by Gasteiger charge is -2.25. The van der Waals surface area contributed by atoms with Crippen molar-refractivity contribution in [1.82, 2.24) is 15.3 Å². The molecule has 3 rings (SSSR count). The van der Waals surface area contributed by atoms with Gasteiger partial charge in [0, 0.05) is 20.6 Å². The van der Waals surface area contributed by atoms with Gasteiger partial charge in [0.1, 0.15) is 16.7 Å². The zero-order valence-corrected chi connectivity index (χ0v) is 12.3. The number of nitrogens with zero attached hydrogens (tertiary/aromatic N) is 3. The van der Waals surface area contributed by atoms with Crippen LogP contribution in [0, 0.1) is 0 Å². The minimum atomic E-state index is -0.136. The van der Waals surface area contributed by atoms with Crippen LogP contribution < -0.4 is 15.5 Å². The maximum absolute atomic E-state index is 12.0. The van der Waals surface area contributed by atoms with Gasteiger partial charge in [-0.05, 0) is 24.3 Å². The Bertz CT molecular complexity index is 641. The number of thiophene rings is 1. The summed E-state index contributed by atoms with van der Waals surface area (Å²) in [4.78, 5) is 24.1. The van der Waals surface area contributed by atoms with Gasteiger partial charge in [-0.3, -0.25) is 4.79 Å². The van der Waals surface area contributed by atoms with Crippen molar-refractivity contribution in [2.75, 3.05) is 30.9 Å². The van der Waals surface area contributed by atoms with E-state index in [4.69, 9.17) is 0 Å². The second-order valence-corrected chi connectivity index (χ2v) is 5.62. The maximum Gasteiger partial charge on any atom is 0.242 e. The molecule has 0 radical (unpaired) electrons. The molecule has 0 aliphatic carbocycles. The van der Waals surface area contributed by atoms with Crippen LogP contribution in [-0.4, -0.2) is 42.6 Å². The van der Waals surface area contributed by atoms with Crippen LogP contribution in [0.5, 0.6) is 0 Å². The molecule has 2 aromatic rings. The summed E-state index contributed by atoms with van der Waals surface area (Å²) in [5, 5.41) is 8.75. The summed E-state index contributed by atoms with van der Waals surface area (Å²) in [6.07, 6.45) is 1.87. The van der Waals surface area contributed by atoms with Crippen LogP contribution in [0.2, 0.25) is 0 Å². The lowest BCUT2D eigenvalue weighted by atomic mass is 10.2. The van der Waals surface area contributed by atoms with Crippen molar-refractivity contribution in [3.05, 3.63) is 11.4 Å². The standard InChI is InChI=1S/C13H17N5OS/c1-14-11(19)9-4-3-6-18(9)10-8-5-7-20-12(8)17-13(15-2)16-10/h5,7,9H,3-4,6H2,1-2H3,(H,14,19)(H,15,16,17). The van der Waals surface area contributed by atoms with Crippen LogP contribution in [0.3, 0.4) is 0 Å². The fourth-order valence-electron chi connectivity index (χ4n) is 2.63. The molecule has 1 atom stereocenters. The number of hydrogen-bond donors (Lipinski definition) is 2. The third-order valence-electron chi connectivity index (χ3n) is 3.60. The van der Waals surface area contributed by atoms with Crippen molar-refractivity contribution < 1.29 is 4.79 Å². The highest BCUT2D eigenvalue weighted by molar-refractivity contribution is 7.16. The van der Waals surface area contributed by atoms with Crippen molar-refractivity contribution in [3.63, 3.8) is 0 Å². The molecule has 3 heterocycles. The van der Waals surface area contributed by atoms with E-state index in [1.165, 1.54) is 0 Å². The van der Waals surface area contributed by atoms with E-state index in [1.54, 1.807) is 25.4 Å². The van der Waals surface area contributed by atoms with Gasteiger partial charge in [-0.1, -0.05) is 0 Å². The molecule has 106 valence electrons. The van der Waals surface area contributed by atoms with E-state index in [9.17, 15) is 4.79 Å². The first-order valence-corrected chi connectivity index (χ1v) is 7.53. The molecular weight excluding hydrogens is 274 g/mol. The van der Waals surface area contributed by atoms with Gasteiger partial charge in [-0.15, -0.1) is 11.3 Å². The summed E-state index contributed by atoms with van der Waals surface area (Å²) in [6, 6.07) is 1.89. The highest BCUT2D eigenvalue weighted by Crippen LogP contribution is 2.33. The van der Waals surface area contributed by atoms with Crippen LogP contribution >= 0.6 is 11.3 Å². The molecule has 1 saturated heterocycles. The summed E-state index contributed by atoms with van der Waals surface area (Å²) in [7, 11) is 3.48. The maximum atomic E-state index is 12.0. The van der Waals surface area contributed by atoms with E-state index in [0.29, 0.717) is 5.95 Å². The van der Waals surface area contributed by atoms with E-state index in [2.05, 4.69) is 25.5 Å². The molecule has 6 nitrogen and oxygen atoms in total. The highest BCUT2D eigenvalue weighted by atomic mass is 32.1. The lowest BCUT2D eigenvalue weighted by molar-refractivity contribution is -0.121. The molecule has 0 bridgehead atoms. The monoisotopic (exact) mass is 291 g/mol.